The van der Waals surface area contributed by atoms with E-state index in [0.717, 1.165) is 18.0 Å². The topological polar surface area (TPSA) is 87.7 Å². The average molecular weight is 289 g/mol. The van der Waals surface area contributed by atoms with Crippen LogP contribution in [0.25, 0.3) is 6.08 Å². The molecule has 2 fully saturated rings. The Morgan fingerprint density at radius 3 is 2.76 bits per heavy atom. The lowest BCUT2D eigenvalue weighted by atomic mass is 10.3. The normalized spacial score (nSPS) is 21.1. The molecule has 1 aromatic rings. The lowest BCUT2D eigenvalue weighted by molar-refractivity contribution is -0.121. The molecule has 0 aromatic carbocycles. The van der Waals surface area contributed by atoms with Crippen LogP contribution in [-0.2, 0) is 9.53 Å². The first-order valence-electron chi connectivity index (χ1n) is 6.61. The third-order valence-electron chi connectivity index (χ3n) is 3.33. The minimum absolute atomic E-state index is 0.217. The van der Waals surface area contributed by atoms with Gasteiger partial charge in [0, 0.05) is 26.3 Å². The molecule has 3 heterocycles. The summed E-state index contributed by atoms with van der Waals surface area (Å²) in [6.07, 6.45) is 3.19. The van der Waals surface area contributed by atoms with Gasteiger partial charge in [0.15, 0.2) is 0 Å². The van der Waals surface area contributed by atoms with Gasteiger partial charge in [0.25, 0.3) is 5.91 Å². The van der Waals surface area contributed by atoms with Crippen molar-refractivity contribution in [3.8, 4) is 0 Å². The van der Waals surface area contributed by atoms with Gasteiger partial charge in [0.1, 0.15) is 5.70 Å². The van der Waals surface area contributed by atoms with Gasteiger partial charge in [-0.1, -0.05) is 0 Å². The highest BCUT2D eigenvalue weighted by molar-refractivity contribution is 6.13. The Kier molecular flexibility index (Phi) is 3.53. The quantitative estimate of drug-likeness (QED) is 0.601. The van der Waals surface area contributed by atoms with Crippen molar-refractivity contribution in [1.82, 2.24) is 20.2 Å². The fourth-order valence-electron chi connectivity index (χ4n) is 2.13. The van der Waals surface area contributed by atoms with Crippen molar-refractivity contribution >= 4 is 24.0 Å². The Morgan fingerprint density at radius 2 is 2.10 bits per heavy atom. The Hall–Kier alpha value is -2.48. The van der Waals surface area contributed by atoms with E-state index in [1.54, 1.807) is 18.3 Å². The number of likely N-dealkylation sites (N-methyl/N-ethyl adjacent to an activating group) is 1. The molecule has 0 bridgehead atoms. The molecule has 0 atom stereocenters. The van der Waals surface area contributed by atoms with E-state index in [1.807, 2.05) is 4.90 Å². The number of carbonyl (C=O) groups excluding carboxylic acids is 2. The highest BCUT2D eigenvalue weighted by Gasteiger charge is 2.30. The number of nitrogens with zero attached hydrogens (tertiary/aromatic N) is 4. The maximum Gasteiger partial charge on any atom is 0.328 e. The SMILES string of the molecule is CN1C(=O)N/C(=C\c2ccnc(N3CCOCC3)n2)C1=O. The smallest absolute Gasteiger partial charge is 0.328 e. The van der Waals surface area contributed by atoms with E-state index in [0.29, 0.717) is 24.9 Å². The van der Waals surface area contributed by atoms with Crippen molar-refractivity contribution < 1.29 is 14.3 Å². The van der Waals surface area contributed by atoms with Crippen LogP contribution in [0.3, 0.4) is 0 Å². The molecule has 1 aromatic heterocycles. The molecular weight excluding hydrogens is 274 g/mol. The maximum atomic E-state index is 11.8. The van der Waals surface area contributed by atoms with Crippen molar-refractivity contribution in [3.05, 3.63) is 23.7 Å². The first-order valence-corrected chi connectivity index (χ1v) is 6.61. The van der Waals surface area contributed by atoms with E-state index in [4.69, 9.17) is 4.74 Å². The number of rotatable bonds is 2. The predicted molar refractivity (Wildman–Crippen MR) is 74.3 cm³/mol. The molecule has 8 nitrogen and oxygen atoms in total. The summed E-state index contributed by atoms with van der Waals surface area (Å²) in [6.45, 7) is 2.76. The lowest BCUT2D eigenvalue weighted by Gasteiger charge is -2.26. The Morgan fingerprint density at radius 1 is 1.33 bits per heavy atom. The summed E-state index contributed by atoms with van der Waals surface area (Å²) in [7, 11) is 1.43. The zero-order chi connectivity index (χ0) is 14.8. The number of imide groups is 1. The number of urea groups is 1. The summed E-state index contributed by atoms with van der Waals surface area (Å²) >= 11 is 0. The van der Waals surface area contributed by atoms with Crippen LogP contribution >= 0.6 is 0 Å². The highest BCUT2D eigenvalue weighted by Crippen LogP contribution is 2.14. The molecule has 0 saturated carbocycles. The lowest BCUT2D eigenvalue weighted by Crippen LogP contribution is -2.37. The fourth-order valence-corrected chi connectivity index (χ4v) is 2.13. The standard InChI is InChI=1S/C13H15N5O3/c1-17-11(19)10(16-13(17)20)8-9-2-3-14-12(15-9)18-4-6-21-7-5-18/h2-3,8H,4-7H2,1H3,(H,16,20)/b10-8-. The molecule has 3 amide bonds. The van der Waals surface area contributed by atoms with Crippen molar-refractivity contribution in [3.63, 3.8) is 0 Å². The molecule has 3 rings (SSSR count). The van der Waals surface area contributed by atoms with E-state index in [2.05, 4.69) is 15.3 Å². The molecule has 2 saturated heterocycles. The summed E-state index contributed by atoms with van der Waals surface area (Å²) in [5.41, 5.74) is 0.791. The number of carbonyl (C=O) groups is 2. The number of amides is 3. The first kappa shape index (κ1) is 13.5. The second kappa shape index (κ2) is 5.49. The minimum atomic E-state index is -0.436. The molecule has 0 unspecified atom stereocenters. The van der Waals surface area contributed by atoms with E-state index < -0.39 is 6.03 Å². The van der Waals surface area contributed by atoms with Gasteiger partial charge in [0.2, 0.25) is 5.95 Å². The van der Waals surface area contributed by atoms with Crippen molar-refractivity contribution in [2.75, 3.05) is 38.3 Å². The molecule has 0 aliphatic carbocycles. The zero-order valence-corrected chi connectivity index (χ0v) is 11.6. The summed E-state index contributed by atoms with van der Waals surface area (Å²) in [4.78, 5) is 34.9. The Balaban J connectivity index is 1.83. The van der Waals surface area contributed by atoms with Gasteiger partial charge in [-0.15, -0.1) is 0 Å². The van der Waals surface area contributed by atoms with E-state index in [9.17, 15) is 9.59 Å². The third-order valence-corrected chi connectivity index (χ3v) is 3.33. The molecule has 2 aliphatic heterocycles. The van der Waals surface area contributed by atoms with Crippen LogP contribution in [0.1, 0.15) is 5.69 Å². The number of aromatic nitrogens is 2. The minimum Gasteiger partial charge on any atom is -0.378 e. The number of hydrogen-bond acceptors (Lipinski definition) is 6. The van der Waals surface area contributed by atoms with Crippen LogP contribution in [0.2, 0.25) is 0 Å². The summed E-state index contributed by atoms with van der Waals surface area (Å²) in [5.74, 6) is 0.226. The summed E-state index contributed by atoms with van der Waals surface area (Å²) in [5, 5.41) is 2.51. The second-order valence-electron chi connectivity index (χ2n) is 4.73. The van der Waals surface area contributed by atoms with E-state index in [-0.39, 0.29) is 11.6 Å². The number of morpholine rings is 1. The third kappa shape index (κ3) is 2.70. The van der Waals surface area contributed by atoms with Gasteiger partial charge < -0.3 is 15.0 Å². The van der Waals surface area contributed by atoms with Gasteiger partial charge in [0.05, 0.1) is 18.9 Å². The van der Waals surface area contributed by atoms with E-state index in [1.165, 1.54) is 7.05 Å². The molecular formula is C13H15N5O3. The molecule has 2 aliphatic rings. The number of nitrogens with one attached hydrogen (secondary N) is 1. The predicted octanol–water partition coefficient (Wildman–Crippen LogP) is -0.164. The second-order valence-corrected chi connectivity index (χ2v) is 4.73. The number of ether oxygens (including phenoxy) is 1. The zero-order valence-electron chi connectivity index (χ0n) is 11.6. The van der Waals surface area contributed by atoms with Crippen LogP contribution < -0.4 is 10.2 Å². The maximum absolute atomic E-state index is 11.8. The molecule has 21 heavy (non-hydrogen) atoms. The molecule has 110 valence electrons. The number of hydrogen-bond donors (Lipinski definition) is 1. The fraction of sp³-hybridized carbons (Fsp3) is 0.385. The van der Waals surface area contributed by atoms with Crippen molar-refractivity contribution in [1.29, 1.82) is 0 Å². The molecule has 0 radical (unpaired) electrons. The monoisotopic (exact) mass is 289 g/mol. The van der Waals surface area contributed by atoms with Gasteiger partial charge in [-0.05, 0) is 12.1 Å². The van der Waals surface area contributed by atoms with Crippen LogP contribution in [0.15, 0.2) is 18.0 Å². The van der Waals surface area contributed by atoms with Gasteiger partial charge in [-0.3, -0.25) is 9.69 Å². The van der Waals surface area contributed by atoms with Gasteiger partial charge in [-0.25, -0.2) is 14.8 Å². The van der Waals surface area contributed by atoms with Crippen LogP contribution in [-0.4, -0.2) is 60.2 Å². The average Bonchev–Trinajstić information content (AvgIpc) is 2.76. The number of anilines is 1. The largest absolute Gasteiger partial charge is 0.378 e. The van der Waals surface area contributed by atoms with E-state index >= 15 is 0 Å². The molecule has 8 heteroatoms. The van der Waals surface area contributed by atoms with Crippen LogP contribution in [0.5, 0.6) is 0 Å². The summed E-state index contributed by atoms with van der Waals surface area (Å²) in [6, 6.07) is 1.25. The molecule has 1 N–H and O–H groups in total. The van der Waals surface area contributed by atoms with Crippen LogP contribution in [0.4, 0.5) is 10.7 Å². The highest BCUT2D eigenvalue weighted by atomic mass is 16.5. The first-order chi connectivity index (χ1) is 10.1. The van der Waals surface area contributed by atoms with Crippen molar-refractivity contribution in [2.24, 2.45) is 0 Å². The van der Waals surface area contributed by atoms with Crippen molar-refractivity contribution in [2.45, 2.75) is 0 Å². The molecule has 0 spiro atoms. The Bertz CT molecular complexity index is 610. The summed E-state index contributed by atoms with van der Waals surface area (Å²) < 4.78 is 5.29. The Labute approximate surface area is 121 Å². The van der Waals surface area contributed by atoms with Gasteiger partial charge in [-0.2, -0.15) is 0 Å². The van der Waals surface area contributed by atoms with Gasteiger partial charge >= 0.3 is 6.03 Å². The van der Waals surface area contributed by atoms with Crippen LogP contribution in [0, 0.1) is 0 Å².